The molecule has 0 aromatic carbocycles. The van der Waals surface area contributed by atoms with E-state index in [1.54, 1.807) is 0 Å². The van der Waals surface area contributed by atoms with E-state index >= 15 is 0 Å². The van der Waals surface area contributed by atoms with Gasteiger partial charge in [-0.05, 0) is 33.1 Å². The predicted molar refractivity (Wildman–Crippen MR) is 62.7 cm³/mol. The lowest BCUT2D eigenvalue weighted by Crippen LogP contribution is -2.46. The smallest absolute Gasteiger partial charge is 0.407 e. The maximum Gasteiger partial charge on any atom is 0.407 e. The summed E-state index contributed by atoms with van der Waals surface area (Å²) >= 11 is 0. The third kappa shape index (κ3) is 4.24. The molecule has 0 radical (unpaired) electrons. The molecule has 0 bridgehead atoms. The van der Waals surface area contributed by atoms with Crippen molar-refractivity contribution in [3.8, 4) is 0 Å². The van der Waals surface area contributed by atoms with Crippen LogP contribution in [0.3, 0.4) is 0 Å². The third-order valence-electron chi connectivity index (χ3n) is 2.67. The molecule has 98 valence electrons. The Morgan fingerprint density at radius 1 is 1.29 bits per heavy atom. The first-order chi connectivity index (χ1) is 7.69. The van der Waals surface area contributed by atoms with Crippen LogP contribution in [-0.2, 0) is 9.53 Å². The molecule has 0 aromatic heterocycles. The van der Waals surface area contributed by atoms with Gasteiger partial charge in [0, 0.05) is 13.1 Å². The Hall–Kier alpha value is -1.26. The molecule has 1 N–H and O–H groups in total. The monoisotopic (exact) mass is 243 g/mol. The number of carbonyl (C=O) groups excluding carboxylic acids is 1. The van der Waals surface area contributed by atoms with Crippen molar-refractivity contribution in [3.05, 3.63) is 0 Å². The number of ether oxygens (including phenoxy) is 1. The molecule has 5 nitrogen and oxygen atoms in total. The van der Waals surface area contributed by atoms with Crippen molar-refractivity contribution in [1.29, 1.82) is 0 Å². The summed E-state index contributed by atoms with van der Waals surface area (Å²) in [5.74, 6) is -0.443. The summed E-state index contributed by atoms with van der Waals surface area (Å²) in [5, 5.41) is 8.96. The first-order valence-corrected chi connectivity index (χ1v) is 5.90. The van der Waals surface area contributed by atoms with Crippen molar-refractivity contribution < 1.29 is 19.4 Å². The number of carboxylic acid groups (broad SMARTS) is 1. The Morgan fingerprint density at radius 2 is 1.88 bits per heavy atom. The zero-order valence-electron chi connectivity index (χ0n) is 10.9. The molecule has 5 heteroatoms. The van der Waals surface area contributed by atoms with E-state index in [0.29, 0.717) is 13.0 Å². The Morgan fingerprint density at radius 3 is 2.35 bits per heavy atom. The van der Waals surface area contributed by atoms with E-state index in [4.69, 9.17) is 9.84 Å². The Kier molecular flexibility index (Phi) is 4.01. The van der Waals surface area contributed by atoms with Crippen LogP contribution in [-0.4, -0.2) is 40.8 Å². The van der Waals surface area contributed by atoms with Crippen LogP contribution in [0.1, 0.15) is 34.1 Å². The van der Waals surface area contributed by atoms with Gasteiger partial charge in [-0.15, -0.1) is 0 Å². The highest BCUT2D eigenvalue weighted by atomic mass is 16.6. The van der Waals surface area contributed by atoms with Crippen LogP contribution in [0.25, 0.3) is 0 Å². The van der Waals surface area contributed by atoms with Gasteiger partial charge in [0.1, 0.15) is 5.60 Å². The van der Waals surface area contributed by atoms with Crippen LogP contribution < -0.4 is 0 Å². The molecule has 2 atom stereocenters. The highest BCUT2D eigenvalue weighted by Crippen LogP contribution is 2.24. The van der Waals surface area contributed by atoms with Gasteiger partial charge in [-0.25, -0.2) is 4.79 Å². The van der Waals surface area contributed by atoms with Crippen molar-refractivity contribution >= 4 is 12.1 Å². The van der Waals surface area contributed by atoms with Crippen LogP contribution in [0.4, 0.5) is 4.79 Å². The number of likely N-dealkylation sites (tertiary alicyclic amines) is 1. The lowest BCUT2D eigenvalue weighted by Gasteiger charge is -2.34. The van der Waals surface area contributed by atoms with E-state index in [1.165, 1.54) is 4.90 Å². The van der Waals surface area contributed by atoms with Crippen molar-refractivity contribution in [1.82, 2.24) is 4.90 Å². The Balaban J connectivity index is 2.64. The number of carbonyl (C=O) groups is 2. The van der Waals surface area contributed by atoms with Crippen molar-refractivity contribution in [2.75, 3.05) is 13.1 Å². The van der Waals surface area contributed by atoms with Gasteiger partial charge in [-0.2, -0.15) is 0 Å². The molecule has 1 saturated heterocycles. The lowest BCUT2D eigenvalue weighted by atomic mass is 9.90. The lowest BCUT2D eigenvalue weighted by molar-refractivity contribution is -0.162. The van der Waals surface area contributed by atoms with Gasteiger partial charge in [0.05, 0.1) is 5.92 Å². The van der Waals surface area contributed by atoms with E-state index in [-0.39, 0.29) is 24.3 Å². The number of hydrogen-bond donors (Lipinski definition) is 1. The number of nitrogens with zero attached hydrogens (tertiary/aromatic N) is 1. The van der Waals surface area contributed by atoms with Crippen LogP contribution in [0.5, 0.6) is 0 Å². The van der Waals surface area contributed by atoms with Crippen molar-refractivity contribution in [2.45, 2.75) is 39.7 Å². The standard InChI is InChI=1S/C12H21NO4/c1-8-5-9(7-13(6-8)11(15)16)10(14)17-12(2,3)4/h8-9H,5-7H2,1-4H3,(H,15,16). The summed E-state index contributed by atoms with van der Waals surface area (Å²) in [6, 6.07) is 0. The number of rotatable bonds is 1. The fraction of sp³-hybridized carbons (Fsp3) is 0.833. The summed E-state index contributed by atoms with van der Waals surface area (Å²) in [5.41, 5.74) is -0.522. The number of esters is 1. The minimum Gasteiger partial charge on any atom is -0.465 e. The molecule has 0 aromatic rings. The SMILES string of the molecule is CC1CC(C(=O)OC(C)(C)C)CN(C(=O)O)C1. The Labute approximate surface area is 102 Å². The molecule has 0 spiro atoms. The molecule has 2 unspecified atom stereocenters. The summed E-state index contributed by atoms with van der Waals surface area (Å²) in [6.45, 7) is 8.13. The zero-order valence-corrected chi connectivity index (χ0v) is 10.9. The van der Waals surface area contributed by atoms with Crippen LogP contribution in [0.2, 0.25) is 0 Å². The van der Waals surface area contributed by atoms with E-state index in [0.717, 1.165) is 0 Å². The first-order valence-electron chi connectivity index (χ1n) is 5.90. The average molecular weight is 243 g/mol. The summed E-state index contributed by atoms with van der Waals surface area (Å²) in [7, 11) is 0. The van der Waals surface area contributed by atoms with Gasteiger partial charge in [-0.1, -0.05) is 6.92 Å². The van der Waals surface area contributed by atoms with Gasteiger partial charge in [0.2, 0.25) is 0 Å². The van der Waals surface area contributed by atoms with Crippen molar-refractivity contribution in [2.24, 2.45) is 11.8 Å². The minimum absolute atomic E-state index is 0.192. The fourth-order valence-electron chi connectivity index (χ4n) is 2.06. The molecular weight excluding hydrogens is 222 g/mol. The van der Waals surface area contributed by atoms with Gasteiger partial charge in [-0.3, -0.25) is 4.79 Å². The molecule has 1 amide bonds. The predicted octanol–water partition coefficient (Wildman–Crippen LogP) is 1.96. The van der Waals surface area contributed by atoms with E-state index in [2.05, 4.69) is 0 Å². The second-order valence-electron chi connectivity index (χ2n) is 5.76. The molecule has 17 heavy (non-hydrogen) atoms. The maximum absolute atomic E-state index is 11.9. The van der Waals surface area contributed by atoms with Gasteiger partial charge >= 0.3 is 12.1 Å². The summed E-state index contributed by atoms with van der Waals surface area (Å²) in [4.78, 5) is 24.1. The summed E-state index contributed by atoms with van der Waals surface area (Å²) < 4.78 is 5.30. The van der Waals surface area contributed by atoms with E-state index in [1.807, 2.05) is 27.7 Å². The molecule has 0 saturated carbocycles. The largest absolute Gasteiger partial charge is 0.465 e. The molecular formula is C12H21NO4. The van der Waals surface area contributed by atoms with Gasteiger partial charge < -0.3 is 14.7 Å². The fourth-order valence-corrected chi connectivity index (χ4v) is 2.06. The molecule has 1 aliphatic rings. The van der Waals surface area contributed by atoms with E-state index < -0.39 is 11.7 Å². The average Bonchev–Trinajstić information content (AvgIpc) is 2.13. The number of amides is 1. The van der Waals surface area contributed by atoms with Gasteiger partial charge in [0.15, 0.2) is 0 Å². The molecule has 1 aliphatic heterocycles. The Bertz CT molecular complexity index is 308. The second-order valence-corrected chi connectivity index (χ2v) is 5.76. The normalized spacial score (nSPS) is 25.5. The maximum atomic E-state index is 11.9. The molecule has 1 rings (SSSR count). The van der Waals surface area contributed by atoms with Gasteiger partial charge in [0.25, 0.3) is 0 Å². The topological polar surface area (TPSA) is 66.8 Å². The highest BCUT2D eigenvalue weighted by molar-refractivity contribution is 5.74. The molecule has 1 heterocycles. The first kappa shape index (κ1) is 13.8. The third-order valence-corrected chi connectivity index (χ3v) is 2.67. The molecule has 1 fully saturated rings. The second kappa shape index (κ2) is 4.94. The zero-order chi connectivity index (χ0) is 13.2. The minimum atomic E-state index is -0.967. The quantitative estimate of drug-likeness (QED) is 0.715. The molecule has 0 aliphatic carbocycles. The number of hydrogen-bond acceptors (Lipinski definition) is 3. The highest BCUT2D eigenvalue weighted by Gasteiger charge is 2.34. The van der Waals surface area contributed by atoms with Crippen LogP contribution in [0.15, 0.2) is 0 Å². The van der Waals surface area contributed by atoms with Crippen molar-refractivity contribution in [3.63, 3.8) is 0 Å². The summed E-state index contributed by atoms with van der Waals surface area (Å²) in [6.07, 6.45) is -0.274. The number of piperidine rings is 1. The van der Waals surface area contributed by atoms with Crippen LogP contribution in [0, 0.1) is 11.8 Å². The van der Waals surface area contributed by atoms with Crippen LogP contribution >= 0.6 is 0 Å². The van der Waals surface area contributed by atoms with E-state index in [9.17, 15) is 9.59 Å².